The maximum atomic E-state index is 11.5. The summed E-state index contributed by atoms with van der Waals surface area (Å²) in [5.74, 6) is -0.744. The molecule has 0 heterocycles. The highest BCUT2D eigenvalue weighted by molar-refractivity contribution is 5.99. The summed E-state index contributed by atoms with van der Waals surface area (Å²) in [5, 5.41) is 17.7. The van der Waals surface area contributed by atoms with Crippen LogP contribution in [0.25, 0.3) is 0 Å². The van der Waals surface area contributed by atoms with E-state index in [1.165, 1.54) is 26.2 Å². The van der Waals surface area contributed by atoms with Gasteiger partial charge in [-0.15, -0.1) is 0 Å². The number of para-hydroxylation sites is 1. The Morgan fingerprint density at radius 1 is 1.10 bits per heavy atom. The maximum Gasteiger partial charge on any atom is 0.254 e. The minimum atomic E-state index is -0.668. The van der Waals surface area contributed by atoms with Crippen LogP contribution < -0.4 is 26.8 Å². The van der Waals surface area contributed by atoms with Gasteiger partial charge in [0, 0.05) is 14.1 Å². The third-order valence-electron chi connectivity index (χ3n) is 2.93. The van der Waals surface area contributed by atoms with Crippen molar-refractivity contribution in [2.75, 3.05) is 24.7 Å². The van der Waals surface area contributed by atoms with Crippen molar-refractivity contribution < 1.29 is 9.90 Å². The predicted octanol–water partition coefficient (Wildman–Crippen LogP) is 0.133. The van der Waals surface area contributed by atoms with Gasteiger partial charge in [0.05, 0.1) is 11.3 Å². The Hall–Kier alpha value is -2.83. The van der Waals surface area contributed by atoms with Gasteiger partial charge in [-0.05, 0) is 12.1 Å². The molecule has 104 valence electrons. The normalized spacial score (nSPS) is 10.3. The van der Waals surface area contributed by atoms with Gasteiger partial charge in [-0.1, -0.05) is 6.07 Å². The van der Waals surface area contributed by atoms with Crippen LogP contribution in [0.15, 0.2) is 27.8 Å². The van der Waals surface area contributed by atoms with Crippen LogP contribution in [0.2, 0.25) is 0 Å². The zero-order valence-corrected chi connectivity index (χ0v) is 10.9. The van der Waals surface area contributed by atoms with Crippen molar-refractivity contribution in [2.45, 2.75) is 0 Å². The van der Waals surface area contributed by atoms with Gasteiger partial charge < -0.3 is 21.1 Å². The van der Waals surface area contributed by atoms with Gasteiger partial charge in [0.1, 0.15) is 11.4 Å². The van der Waals surface area contributed by atoms with E-state index in [2.05, 4.69) is 16.0 Å². The second-order valence-corrected chi connectivity index (χ2v) is 4.06. The van der Waals surface area contributed by atoms with E-state index in [1.807, 2.05) is 0 Å². The Morgan fingerprint density at radius 2 is 1.75 bits per heavy atom. The predicted molar refractivity (Wildman–Crippen MR) is 75.7 cm³/mol. The summed E-state index contributed by atoms with van der Waals surface area (Å²) < 4.78 is 0. The molecule has 2 rings (SSSR count). The van der Waals surface area contributed by atoms with Gasteiger partial charge >= 0.3 is 0 Å². The van der Waals surface area contributed by atoms with E-state index in [1.54, 1.807) is 6.07 Å². The molecule has 0 saturated carbocycles. The Bertz CT molecular complexity index is 744. The molecule has 0 aliphatic rings. The fourth-order valence-electron chi connectivity index (χ4n) is 1.85. The van der Waals surface area contributed by atoms with Crippen LogP contribution in [0.3, 0.4) is 0 Å². The average molecular weight is 275 g/mol. The van der Waals surface area contributed by atoms with Crippen molar-refractivity contribution in [1.82, 2.24) is 5.32 Å². The molecule has 7 nitrogen and oxygen atoms in total. The van der Waals surface area contributed by atoms with Gasteiger partial charge in [-0.25, -0.2) is 0 Å². The topological polar surface area (TPSA) is 108 Å². The number of aromatic hydroxyl groups is 1. The van der Waals surface area contributed by atoms with E-state index < -0.39 is 16.8 Å². The highest BCUT2D eigenvalue weighted by Crippen LogP contribution is 2.31. The van der Waals surface area contributed by atoms with Gasteiger partial charge in [0.2, 0.25) is 0 Å². The SMILES string of the molecule is CNC(=O)c1cccc(Nc2c(NC)c(=O)c2=O)c1O. The van der Waals surface area contributed by atoms with Crippen LogP contribution in [-0.2, 0) is 0 Å². The molecule has 0 spiro atoms. The van der Waals surface area contributed by atoms with Crippen LogP contribution in [0, 0.1) is 0 Å². The smallest absolute Gasteiger partial charge is 0.254 e. The summed E-state index contributed by atoms with van der Waals surface area (Å²) in [4.78, 5) is 34.3. The Kier molecular flexibility index (Phi) is 3.43. The molecular formula is C13H13N3O4. The molecule has 4 N–H and O–H groups in total. The van der Waals surface area contributed by atoms with Gasteiger partial charge in [-0.3, -0.25) is 14.4 Å². The minimum absolute atomic E-state index is 0.0712. The lowest BCUT2D eigenvalue weighted by Gasteiger charge is -2.14. The zero-order valence-electron chi connectivity index (χ0n) is 10.9. The number of benzene rings is 1. The molecule has 0 unspecified atom stereocenters. The summed E-state index contributed by atoms with van der Waals surface area (Å²) in [6, 6.07) is 4.50. The van der Waals surface area contributed by atoms with E-state index in [-0.39, 0.29) is 28.4 Å². The number of carbonyl (C=O) groups excluding carboxylic acids is 1. The Morgan fingerprint density at radius 3 is 2.35 bits per heavy atom. The molecule has 1 amide bonds. The van der Waals surface area contributed by atoms with Gasteiger partial charge in [0.15, 0.2) is 5.75 Å². The molecule has 0 aliphatic carbocycles. The highest BCUT2D eigenvalue weighted by Gasteiger charge is 2.21. The van der Waals surface area contributed by atoms with E-state index in [0.717, 1.165) is 0 Å². The van der Waals surface area contributed by atoms with Crippen LogP contribution in [0.4, 0.5) is 17.1 Å². The molecule has 0 fully saturated rings. The third kappa shape index (κ3) is 1.99. The number of anilines is 3. The molecule has 0 saturated heterocycles. The summed E-state index contributed by atoms with van der Waals surface area (Å²) in [7, 11) is 2.96. The molecule has 0 aliphatic heterocycles. The number of phenols is 1. The van der Waals surface area contributed by atoms with E-state index >= 15 is 0 Å². The van der Waals surface area contributed by atoms with Crippen molar-refractivity contribution in [1.29, 1.82) is 0 Å². The first-order chi connectivity index (χ1) is 9.51. The van der Waals surface area contributed by atoms with Crippen LogP contribution >= 0.6 is 0 Å². The fraction of sp³-hybridized carbons (Fsp3) is 0.154. The molecular weight excluding hydrogens is 262 g/mol. The van der Waals surface area contributed by atoms with Crippen LogP contribution in [0.1, 0.15) is 10.4 Å². The molecule has 7 heteroatoms. The van der Waals surface area contributed by atoms with Crippen LogP contribution in [0.5, 0.6) is 5.75 Å². The van der Waals surface area contributed by atoms with E-state index in [9.17, 15) is 19.5 Å². The summed E-state index contributed by atoms with van der Waals surface area (Å²) in [6.45, 7) is 0. The second kappa shape index (κ2) is 5.04. The lowest BCUT2D eigenvalue weighted by atomic mass is 10.1. The lowest BCUT2D eigenvalue weighted by Crippen LogP contribution is -2.35. The largest absolute Gasteiger partial charge is 0.505 e. The molecule has 0 radical (unpaired) electrons. The second-order valence-electron chi connectivity index (χ2n) is 4.06. The Balaban J connectivity index is 2.40. The molecule has 0 aromatic heterocycles. The van der Waals surface area contributed by atoms with Crippen molar-refractivity contribution in [3.05, 3.63) is 44.2 Å². The minimum Gasteiger partial charge on any atom is -0.505 e. The molecule has 20 heavy (non-hydrogen) atoms. The van der Waals surface area contributed by atoms with Gasteiger partial charge in [0.25, 0.3) is 16.8 Å². The number of nitrogens with one attached hydrogen (secondary N) is 3. The standard InChI is InChI=1S/C13H13N3O4/c1-14-8-9(12(19)11(8)18)16-7-5-3-4-6(10(7)17)13(20)15-2/h3-5,14,16-17H,1-2H3,(H,15,20). The van der Waals surface area contributed by atoms with E-state index in [0.29, 0.717) is 0 Å². The highest BCUT2D eigenvalue weighted by atomic mass is 16.3. The first-order valence-corrected chi connectivity index (χ1v) is 5.83. The summed E-state index contributed by atoms with van der Waals surface area (Å²) in [5.41, 5.74) is -0.811. The number of amides is 1. The quantitative estimate of drug-likeness (QED) is 0.467. The lowest BCUT2D eigenvalue weighted by molar-refractivity contribution is 0.0960. The molecule has 0 bridgehead atoms. The van der Waals surface area contributed by atoms with Gasteiger partial charge in [-0.2, -0.15) is 0 Å². The number of hydrogen-bond acceptors (Lipinski definition) is 6. The summed E-state index contributed by atoms with van der Waals surface area (Å²) >= 11 is 0. The average Bonchev–Trinajstić information content (AvgIpc) is 2.47. The third-order valence-corrected chi connectivity index (χ3v) is 2.93. The Labute approximate surface area is 113 Å². The number of hydrogen-bond donors (Lipinski definition) is 4. The molecule has 2 aromatic rings. The molecule has 0 atom stereocenters. The first kappa shape index (κ1) is 13.6. The van der Waals surface area contributed by atoms with Crippen molar-refractivity contribution in [3.63, 3.8) is 0 Å². The molecule has 2 aromatic carbocycles. The number of carbonyl (C=O) groups is 1. The van der Waals surface area contributed by atoms with Crippen molar-refractivity contribution >= 4 is 23.0 Å². The first-order valence-electron chi connectivity index (χ1n) is 5.83. The zero-order chi connectivity index (χ0) is 14.9. The summed E-state index contributed by atoms with van der Waals surface area (Å²) in [6.07, 6.45) is 0. The maximum absolute atomic E-state index is 11.5. The van der Waals surface area contributed by atoms with E-state index in [4.69, 9.17) is 0 Å². The van der Waals surface area contributed by atoms with Crippen molar-refractivity contribution in [3.8, 4) is 5.75 Å². The fourth-order valence-corrected chi connectivity index (χ4v) is 1.85. The number of rotatable bonds is 4. The van der Waals surface area contributed by atoms with Crippen LogP contribution in [-0.4, -0.2) is 25.1 Å². The monoisotopic (exact) mass is 275 g/mol. The van der Waals surface area contributed by atoms with Crippen molar-refractivity contribution in [2.24, 2.45) is 0 Å². The number of phenolic OH excluding ortho intramolecular Hbond substituents is 1.